The first-order valence-corrected chi connectivity index (χ1v) is 11.6. The van der Waals surface area contributed by atoms with E-state index in [0.29, 0.717) is 31.1 Å². The van der Waals surface area contributed by atoms with Crippen molar-refractivity contribution in [1.29, 1.82) is 0 Å². The Bertz CT molecular complexity index is 1040. The lowest BCUT2D eigenvalue weighted by Crippen LogP contribution is -2.18. The van der Waals surface area contributed by atoms with Crippen LogP contribution in [0, 0.1) is 0 Å². The molecule has 0 saturated heterocycles. The van der Waals surface area contributed by atoms with E-state index in [1.165, 1.54) is 15.3 Å². The Kier molecular flexibility index (Phi) is 8.84. The van der Waals surface area contributed by atoms with E-state index in [-0.39, 0.29) is 5.56 Å². The number of hydrogen-bond acceptors (Lipinski definition) is 7. The summed E-state index contributed by atoms with van der Waals surface area (Å²) in [6.45, 7) is 3.05. The Morgan fingerprint density at radius 3 is 2.59 bits per heavy atom. The summed E-state index contributed by atoms with van der Waals surface area (Å²) in [6.07, 6.45) is 3.06. The Labute approximate surface area is 194 Å². The first kappa shape index (κ1) is 24.0. The first-order valence-electron chi connectivity index (χ1n) is 10.8. The molecule has 8 heteroatoms. The summed E-state index contributed by atoms with van der Waals surface area (Å²) < 4.78 is 5.85. The molecule has 2 aromatic heterocycles. The second kappa shape index (κ2) is 11.8. The highest BCUT2D eigenvalue weighted by Gasteiger charge is 2.07. The van der Waals surface area contributed by atoms with E-state index in [9.17, 15) is 4.79 Å². The second-order valence-electron chi connectivity index (χ2n) is 8.38. The average molecular weight is 456 g/mol. The zero-order chi connectivity index (χ0) is 22.9. The van der Waals surface area contributed by atoms with Crippen LogP contribution in [0.5, 0.6) is 5.75 Å². The molecule has 0 spiro atoms. The van der Waals surface area contributed by atoms with Crippen LogP contribution in [0.2, 0.25) is 0 Å². The smallest absolute Gasteiger partial charge is 0.255 e. The van der Waals surface area contributed by atoms with Gasteiger partial charge in [0.2, 0.25) is 5.95 Å². The van der Waals surface area contributed by atoms with Gasteiger partial charge in [0.1, 0.15) is 5.75 Å². The monoisotopic (exact) mass is 455 g/mol. The first-order chi connectivity index (χ1) is 15.4. The number of nitrogens with one attached hydrogen (secondary N) is 2. The molecule has 0 amide bonds. The average Bonchev–Trinajstić information content (AvgIpc) is 3.15. The molecule has 2 N–H and O–H groups in total. The van der Waals surface area contributed by atoms with Crippen LogP contribution in [0.15, 0.2) is 47.4 Å². The zero-order valence-electron chi connectivity index (χ0n) is 19.4. The molecule has 7 nitrogen and oxygen atoms in total. The van der Waals surface area contributed by atoms with E-state index in [0.717, 1.165) is 25.3 Å². The van der Waals surface area contributed by atoms with E-state index in [4.69, 9.17) is 4.74 Å². The van der Waals surface area contributed by atoms with E-state index in [1.54, 1.807) is 17.5 Å². The molecule has 3 rings (SSSR count). The molecule has 2 heterocycles. The van der Waals surface area contributed by atoms with Gasteiger partial charge in [0.15, 0.2) is 0 Å². The Balaban J connectivity index is 1.43. The van der Waals surface area contributed by atoms with Crippen molar-refractivity contribution in [1.82, 2.24) is 19.8 Å². The van der Waals surface area contributed by atoms with Gasteiger partial charge in [-0.15, -0.1) is 11.3 Å². The summed E-state index contributed by atoms with van der Waals surface area (Å²) in [7, 11) is 8.20. The summed E-state index contributed by atoms with van der Waals surface area (Å²) in [5.41, 5.74) is 1.80. The molecule has 0 saturated carbocycles. The van der Waals surface area contributed by atoms with Gasteiger partial charge in [-0.3, -0.25) is 9.78 Å². The third kappa shape index (κ3) is 7.78. The fourth-order valence-electron chi connectivity index (χ4n) is 3.31. The van der Waals surface area contributed by atoms with Crippen LogP contribution >= 0.6 is 11.3 Å². The topological polar surface area (TPSA) is 73.5 Å². The molecule has 0 fully saturated rings. The summed E-state index contributed by atoms with van der Waals surface area (Å²) in [6, 6.07) is 12.4. The normalized spacial score (nSPS) is 11.3. The Hall–Kier alpha value is -2.68. The highest BCUT2D eigenvalue weighted by molar-refractivity contribution is 7.12. The lowest BCUT2D eigenvalue weighted by Gasteiger charge is -2.12. The maximum absolute atomic E-state index is 12.4. The van der Waals surface area contributed by atoms with Crippen molar-refractivity contribution in [3.8, 4) is 5.75 Å². The van der Waals surface area contributed by atoms with Crippen LogP contribution in [0.4, 0.5) is 5.95 Å². The van der Waals surface area contributed by atoms with Crippen molar-refractivity contribution in [2.75, 3.05) is 46.7 Å². The van der Waals surface area contributed by atoms with E-state index in [2.05, 4.69) is 77.5 Å². The third-order valence-electron chi connectivity index (χ3n) is 4.71. The molecule has 0 radical (unpaired) electrons. The fraction of sp³-hybridized carbons (Fsp3) is 0.417. The van der Waals surface area contributed by atoms with E-state index in [1.807, 2.05) is 12.1 Å². The zero-order valence-corrected chi connectivity index (χ0v) is 20.2. The SMILES string of the molecule is CN(C)Cc1cccc(OCCCNc2ncc(Cc3ccc(CN(C)C)s3)c(=O)[nH]2)c1. The van der Waals surface area contributed by atoms with Gasteiger partial charge in [0, 0.05) is 47.6 Å². The molecule has 0 aliphatic rings. The third-order valence-corrected chi connectivity index (χ3v) is 5.78. The summed E-state index contributed by atoms with van der Waals surface area (Å²) in [5.74, 6) is 1.37. The Morgan fingerprint density at radius 2 is 1.84 bits per heavy atom. The second-order valence-corrected chi connectivity index (χ2v) is 9.64. The van der Waals surface area contributed by atoms with Crippen molar-refractivity contribution < 1.29 is 4.74 Å². The summed E-state index contributed by atoms with van der Waals surface area (Å²) in [4.78, 5) is 26.4. The van der Waals surface area contributed by atoms with Crippen LogP contribution < -0.4 is 15.6 Å². The number of anilines is 1. The van der Waals surface area contributed by atoms with Crippen LogP contribution in [0.3, 0.4) is 0 Å². The maximum Gasteiger partial charge on any atom is 0.255 e. The van der Waals surface area contributed by atoms with Gasteiger partial charge in [0.05, 0.1) is 6.61 Å². The van der Waals surface area contributed by atoms with Crippen molar-refractivity contribution in [3.05, 3.63) is 73.8 Å². The van der Waals surface area contributed by atoms with Gasteiger partial charge in [-0.05, 0) is 64.4 Å². The van der Waals surface area contributed by atoms with Gasteiger partial charge >= 0.3 is 0 Å². The van der Waals surface area contributed by atoms with E-state index >= 15 is 0 Å². The predicted molar refractivity (Wildman–Crippen MR) is 132 cm³/mol. The van der Waals surface area contributed by atoms with Crippen molar-refractivity contribution in [3.63, 3.8) is 0 Å². The minimum Gasteiger partial charge on any atom is -0.494 e. The molecule has 0 bridgehead atoms. The number of hydrogen-bond donors (Lipinski definition) is 2. The van der Waals surface area contributed by atoms with Crippen LogP contribution in [0.1, 0.15) is 27.3 Å². The number of ether oxygens (including phenoxy) is 1. The van der Waals surface area contributed by atoms with Gasteiger partial charge in [-0.25, -0.2) is 4.98 Å². The summed E-state index contributed by atoms with van der Waals surface area (Å²) in [5, 5.41) is 3.17. The molecular formula is C24H33N5O2S. The predicted octanol–water partition coefficient (Wildman–Crippen LogP) is 3.43. The molecule has 0 atom stereocenters. The largest absolute Gasteiger partial charge is 0.494 e. The fourth-order valence-corrected chi connectivity index (χ4v) is 4.47. The van der Waals surface area contributed by atoms with Crippen molar-refractivity contribution in [2.24, 2.45) is 0 Å². The molecular weight excluding hydrogens is 422 g/mol. The molecule has 172 valence electrons. The lowest BCUT2D eigenvalue weighted by atomic mass is 10.2. The van der Waals surface area contributed by atoms with Gasteiger partial charge < -0.3 is 19.9 Å². The highest BCUT2D eigenvalue weighted by Crippen LogP contribution is 2.20. The number of benzene rings is 1. The van der Waals surface area contributed by atoms with Gasteiger partial charge in [-0.1, -0.05) is 12.1 Å². The molecule has 0 aliphatic carbocycles. The van der Waals surface area contributed by atoms with Gasteiger partial charge in [-0.2, -0.15) is 0 Å². The molecule has 1 aromatic carbocycles. The van der Waals surface area contributed by atoms with Crippen LogP contribution in [-0.4, -0.2) is 61.1 Å². The van der Waals surface area contributed by atoms with Gasteiger partial charge in [0.25, 0.3) is 5.56 Å². The Morgan fingerprint density at radius 1 is 1.06 bits per heavy atom. The highest BCUT2D eigenvalue weighted by atomic mass is 32.1. The van der Waals surface area contributed by atoms with Crippen molar-refractivity contribution >= 4 is 17.3 Å². The van der Waals surface area contributed by atoms with Crippen LogP contribution in [-0.2, 0) is 19.5 Å². The molecule has 32 heavy (non-hydrogen) atoms. The molecule has 0 unspecified atom stereocenters. The number of aromatic amines is 1. The number of nitrogens with zero attached hydrogens (tertiary/aromatic N) is 3. The summed E-state index contributed by atoms with van der Waals surface area (Å²) >= 11 is 1.74. The standard InChI is InChI=1S/C24H33N5O2S/c1-28(2)16-18-7-5-8-20(13-18)31-12-6-11-25-24-26-15-19(23(30)27-24)14-21-9-10-22(32-21)17-29(3)4/h5,7-10,13,15H,6,11-12,14,16-17H2,1-4H3,(H2,25,26,27,30). The maximum atomic E-state index is 12.4. The van der Waals surface area contributed by atoms with Crippen LogP contribution in [0.25, 0.3) is 0 Å². The number of rotatable bonds is 12. The number of thiophene rings is 1. The lowest BCUT2D eigenvalue weighted by molar-refractivity contribution is 0.313. The quantitative estimate of drug-likeness (QED) is 0.408. The molecule has 3 aromatic rings. The molecule has 0 aliphatic heterocycles. The minimum atomic E-state index is -0.0981. The minimum absolute atomic E-state index is 0.0981. The number of H-pyrrole nitrogens is 1. The van der Waals surface area contributed by atoms with E-state index < -0.39 is 0 Å². The number of aromatic nitrogens is 2. The van der Waals surface area contributed by atoms with Crippen molar-refractivity contribution in [2.45, 2.75) is 25.9 Å².